The zero-order valence-electron chi connectivity index (χ0n) is 13.6. The van der Waals surface area contributed by atoms with E-state index in [9.17, 15) is 9.59 Å². The molecule has 3 rings (SSSR count). The van der Waals surface area contributed by atoms with Crippen LogP contribution in [-0.4, -0.2) is 21.5 Å². The van der Waals surface area contributed by atoms with Gasteiger partial charge in [0.05, 0.1) is 22.0 Å². The lowest BCUT2D eigenvalue weighted by molar-refractivity contribution is -0.116. The molecule has 0 aliphatic heterocycles. The van der Waals surface area contributed by atoms with Gasteiger partial charge in [0.15, 0.2) is 5.78 Å². The van der Waals surface area contributed by atoms with Gasteiger partial charge in [-0.2, -0.15) is 5.10 Å². The second-order valence-corrected chi connectivity index (χ2v) is 8.21. The van der Waals surface area contributed by atoms with Crippen molar-refractivity contribution in [1.82, 2.24) is 9.78 Å². The number of ketones is 1. The van der Waals surface area contributed by atoms with Gasteiger partial charge in [-0.05, 0) is 29.8 Å². The van der Waals surface area contributed by atoms with Crippen LogP contribution in [0.4, 0.5) is 5.82 Å². The number of aromatic nitrogens is 2. The van der Waals surface area contributed by atoms with E-state index in [0.29, 0.717) is 21.6 Å². The first-order valence-corrected chi connectivity index (χ1v) is 9.84. The van der Waals surface area contributed by atoms with Gasteiger partial charge in [-0.3, -0.25) is 9.59 Å². The lowest BCUT2D eigenvalue weighted by atomic mass is 10.2. The van der Waals surface area contributed by atoms with Gasteiger partial charge in [0.2, 0.25) is 5.91 Å². The van der Waals surface area contributed by atoms with Crippen molar-refractivity contribution in [3.8, 4) is 0 Å². The molecule has 0 aliphatic rings. The van der Waals surface area contributed by atoms with Crippen molar-refractivity contribution in [2.45, 2.75) is 19.4 Å². The summed E-state index contributed by atoms with van der Waals surface area (Å²) < 4.78 is 3.28. The largest absolute Gasteiger partial charge is 0.311 e. The van der Waals surface area contributed by atoms with Crippen molar-refractivity contribution in [3.05, 3.63) is 67.9 Å². The maximum absolute atomic E-state index is 12.2. The van der Waals surface area contributed by atoms with Gasteiger partial charge in [-0.15, -0.1) is 11.3 Å². The SMILES string of the molecule is O=C(CCC(=O)c1ccc(Cl)s1)Nc1ccnn1Cc1ccc(Br)cc1. The maximum Gasteiger partial charge on any atom is 0.225 e. The molecule has 0 fully saturated rings. The predicted octanol–water partition coefficient (Wildman–Crippen LogP) is 5.01. The number of nitrogens with one attached hydrogen (secondary N) is 1. The fraction of sp³-hybridized carbons (Fsp3) is 0.167. The highest BCUT2D eigenvalue weighted by atomic mass is 79.9. The highest BCUT2D eigenvalue weighted by Gasteiger charge is 2.13. The molecule has 1 aromatic carbocycles. The Morgan fingerprint density at radius 1 is 1.12 bits per heavy atom. The molecule has 0 unspecified atom stereocenters. The number of hydrogen-bond donors (Lipinski definition) is 1. The number of carbonyl (C=O) groups is 2. The minimum absolute atomic E-state index is 0.0829. The molecule has 2 aromatic heterocycles. The molecule has 0 radical (unpaired) electrons. The van der Waals surface area contributed by atoms with E-state index in [0.717, 1.165) is 10.0 Å². The van der Waals surface area contributed by atoms with Gasteiger partial charge in [0, 0.05) is 23.4 Å². The maximum atomic E-state index is 12.2. The predicted molar refractivity (Wildman–Crippen MR) is 107 cm³/mol. The fourth-order valence-electron chi connectivity index (χ4n) is 2.35. The van der Waals surface area contributed by atoms with E-state index >= 15 is 0 Å². The van der Waals surface area contributed by atoms with Crippen LogP contribution in [0.15, 0.2) is 53.1 Å². The fourth-order valence-corrected chi connectivity index (χ4v) is 3.62. The minimum atomic E-state index is -0.224. The zero-order valence-corrected chi connectivity index (χ0v) is 16.8. The molecule has 1 amide bonds. The molecule has 3 aromatic rings. The third-order valence-corrected chi connectivity index (χ3v) is 5.46. The van der Waals surface area contributed by atoms with E-state index < -0.39 is 0 Å². The monoisotopic (exact) mass is 451 g/mol. The van der Waals surface area contributed by atoms with E-state index in [1.165, 1.54) is 11.3 Å². The van der Waals surface area contributed by atoms with E-state index in [2.05, 4.69) is 26.3 Å². The molecule has 2 heterocycles. The number of halogens is 2. The number of nitrogens with zero attached hydrogens (tertiary/aromatic N) is 2. The van der Waals surface area contributed by atoms with E-state index in [1.807, 2.05) is 24.3 Å². The zero-order chi connectivity index (χ0) is 18.5. The third-order valence-electron chi connectivity index (χ3n) is 3.66. The number of Topliss-reactive ketones (excluding diaryl/α,β-unsaturated/α-hetero) is 1. The number of rotatable bonds is 7. The van der Waals surface area contributed by atoms with Crippen molar-refractivity contribution < 1.29 is 9.59 Å². The lowest BCUT2D eigenvalue weighted by Gasteiger charge is -2.09. The Hall–Kier alpha value is -1.96. The number of amides is 1. The summed E-state index contributed by atoms with van der Waals surface area (Å²) in [7, 11) is 0. The first-order valence-electron chi connectivity index (χ1n) is 7.86. The summed E-state index contributed by atoms with van der Waals surface area (Å²) in [5.74, 6) is 0.295. The normalized spacial score (nSPS) is 10.7. The molecule has 0 aliphatic carbocycles. The topological polar surface area (TPSA) is 64.0 Å². The number of benzene rings is 1. The van der Waals surface area contributed by atoms with Crippen molar-refractivity contribution in [3.63, 3.8) is 0 Å². The molecule has 0 atom stereocenters. The van der Waals surface area contributed by atoms with Crippen molar-refractivity contribution >= 4 is 56.4 Å². The Bertz CT molecular complexity index is 921. The van der Waals surface area contributed by atoms with Crippen LogP contribution in [0, 0.1) is 0 Å². The molecule has 0 saturated carbocycles. The average Bonchev–Trinajstić information content (AvgIpc) is 3.24. The summed E-state index contributed by atoms with van der Waals surface area (Å²) >= 11 is 10.5. The van der Waals surface area contributed by atoms with Crippen LogP contribution < -0.4 is 5.32 Å². The number of thiophene rings is 1. The lowest BCUT2D eigenvalue weighted by Crippen LogP contribution is -2.17. The van der Waals surface area contributed by atoms with Crippen LogP contribution in [-0.2, 0) is 11.3 Å². The van der Waals surface area contributed by atoms with Crippen LogP contribution in [0.5, 0.6) is 0 Å². The summed E-state index contributed by atoms with van der Waals surface area (Å²) in [4.78, 5) is 24.8. The van der Waals surface area contributed by atoms with Crippen LogP contribution in [0.3, 0.4) is 0 Å². The molecule has 134 valence electrons. The highest BCUT2D eigenvalue weighted by Crippen LogP contribution is 2.23. The molecular weight excluding hydrogens is 438 g/mol. The van der Waals surface area contributed by atoms with E-state index in [4.69, 9.17) is 11.6 Å². The van der Waals surface area contributed by atoms with Gasteiger partial charge in [-0.1, -0.05) is 39.7 Å². The Morgan fingerprint density at radius 3 is 2.58 bits per heavy atom. The standard InChI is InChI=1S/C18H15BrClN3O2S/c19-13-3-1-12(2-4-13)11-23-17(9-10-21-23)22-18(25)8-5-14(24)15-6-7-16(20)26-15/h1-4,6-7,9-10H,5,8,11H2,(H,22,25). The summed E-state index contributed by atoms with van der Waals surface area (Å²) in [6, 6.07) is 13.0. The smallest absolute Gasteiger partial charge is 0.225 e. The Kier molecular flexibility index (Phi) is 6.24. The van der Waals surface area contributed by atoms with Gasteiger partial charge in [0.25, 0.3) is 0 Å². The van der Waals surface area contributed by atoms with Crippen LogP contribution >= 0.6 is 38.9 Å². The van der Waals surface area contributed by atoms with Crippen LogP contribution in [0.25, 0.3) is 0 Å². The van der Waals surface area contributed by atoms with Gasteiger partial charge in [0.1, 0.15) is 5.82 Å². The van der Waals surface area contributed by atoms with Gasteiger partial charge >= 0.3 is 0 Å². The van der Waals surface area contributed by atoms with E-state index in [1.54, 1.807) is 29.1 Å². The number of carbonyl (C=O) groups excluding carboxylic acids is 2. The summed E-state index contributed by atoms with van der Waals surface area (Å²) in [6.07, 6.45) is 1.88. The molecule has 8 heteroatoms. The molecule has 1 N–H and O–H groups in total. The van der Waals surface area contributed by atoms with Gasteiger partial charge in [-0.25, -0.2) is 4.68 Å². The molecule has 0 bridgehead atoms. The molecule has 0 spiro atoms. The second-order valence-electron chi connectivity index (χ2n) is 5.58. The highest BCUT2D eigenvalue weighted by molar-refractivity contribution is 9.10. The van der Waals surface area contributed by atoms with Gasteiger partial charge < -0.3 is 5.32 Å². The average molecular weight is 453 g/mol. The molecule has 0 saturated heterocycles. The molecular formula is C18H15BrClN3O2S. The molecule has 26 heavy (non-hydrogen) atoms. The number of anilines is 1. The number of hydrogen-bond acceptors (Lipinski definition) is 4. The Morgan fingerprint density at radius 2 is 1.88 bits per heavy atom. The second kappa shape index (κ2) is 8.62. The van der Waals surface area contributed by atoms with Crippen molar-refractivity contribution in [2.24, 2.45) is 0 Å². The third kappa shape index (κ3) is 5.03. The quantitative estimate of drug-likeness (QED) is 0.512. The molecule has 5 nitrogen and oxygen atoms in total. The summed E-state index contributed by atoms with van der Waals surface area (Å²) in [5, 5.41) is 7.05. The first-order chi connectivity index (χ1) is 12.5. The first kappa shape index (κ1) is 18.8. The van der Waals surface area contributed by atoms with Crippen molar-refractivity contribution in [1.29, 1.82) is 0 Å². The summed E-state index contributed by atoms with van der Waals surface area (Å²) in [5.41, 5.74) is 1.07. The van der Waals surface area contributed by atoms with Crippen molar-refractivity contribution in [2.75, 3.05) is 5.32 Å². The Labute approximate surface area is 168 Å². The summed E-state index contributed by atoms with van der Waals surface area (Å²) in [6.45, 7) is 0.544. The van der Waals surface area contributed by atoms with Crippen LogP contribution in [0.1, 0.15) is 28.1 Å². The van der Waals surface area contributed by atoms with Crippen LogP contribution in [0.2, 0.25) is 4.34 Å². The Balaban J connectivity index is 1.55. The minimum Gasteiger partial charge on any atom is -0.311 e. The van der Waals surface area contributed by atoms with E-state index in [-0.39, 0.29) is 24.5 Å².